The van der Waals surface area contributed by atoms with E-state index in [1.807, 2.05) is 0 Å². The molecule has 2 aromatic rings. The highest BCUT2D eigenvalue weighted by molar-refractivity contribution is 6.02. The zero-order chi connectivity index (χ0) is 31.1. The molecular formula is C35H50N5O2+. The van der Waals surface area contributed by atoms with Crippen molar-refractivity contribution in [3.05, 3.63) is 72.1 Å². The molecule has 2 aliphatic rings. The van der Waals surface area contributed by atoms with E-state index < -0.39 is 0 Å². The summed E-state index contributed by atoms with van der Waals surface area (Å²) in [5, 5.41) is 9.23. The molecule has 1 heterocycles. The number of hydrogen-bond donors (Lipinski definition) is 3. The topological polar surface area (TPSA) is 112 Å². The third kappa shape index (κ3) is 9.28. The van der Waals surface area contributed by atoms with Gasteiger partial charge in [-0.2, -0.15) is 0 Å². The molecule has 0 radical (unpaired) electrons. The monoisotopic (exact) mass is 572 g/mol. The molecule has 5 N–H and O–H groups in total. The highest BCUT2D eigenvalue weighted by atomic mass is 16.3. The Labute approximate surface area is 251 Å². The van der Waals surface area contributed by atoms with Crippen LogP contribution in [-0.4, -0.2) is 44.8 Å². The van der Waals surface area contributed by atoms with E-state index in [1.165, 1.54) is 29.2 Å². The second kappa shape index (κ2) is 17.8. The molecule has 7 heteroatoms. The summed E-state index contributed by atoms with van der Waals surface area (Å²) in [4.78, 5) is 12.8. The minimum atomic E-state index is 0.212. The molecule has 0 atom stereocenters. The quantitative estimate of drug-likeness (QED) is 0.0624. The number of rotatable bonds is 11. The molecule has 226 valence electrons. The van der Waals surface area contributed by atoms with E-state index >= 15 is 0 Å². The van der Waals surface area contributed by atoms with Crippen LogP contribution in [0.4, 0.5) is 5.69 Å². The van der Waals surface area contributed by atoms with Crippen LogP contribution in [0.3, 0.4) is 0 Å². The minimum absolute atomic E-state index is 0.212. The predicted octanol–water partition coefficient (Wildman–Crippen LogP) is 6.51. The van der Waals surface area contributed by atoms with Crippen molar-refractivity contribution in [3.8, 4) is 22.5 Å². The second-order valence-electron chi connectivity index (χ2n) is 9.98. The van der Waals surface area contributed by atoms with Crippen molar-refractivity contribution in [2.75, 3.05) is 38.1 Å². The lowest BCUT2D eigenvalue weighted by molar-refractivity contribution is -0.117. The Bertz CT molecular complexity index is 1430. The van der Waals surface area contributed by atoms with Crippen molar-refractivity contribution >= 4 is 28.3 Å². The summed E-state index contributed by atoms with van der Waals surface area (Å²) in [7, 11) is 1.50. The van der Waals surface area contributed by atoms with Gasteiger partial charge >= 0.3 is 0 Å². The normalized spacial score (nSPS) is 10.4. The van der Waals surface area contributed by atoms with Gasteiger partial charge in [0.25, 0.3) is 0 Å². The van der Waals surface area contributed by atoms with Crippen LogP contribution in [-0.2, 0) is 4.79 Å². The van der Waals surface area contributed by atoms with Crippen molar-refractivity contribution in [2.45, 2.75) is 60.3 Å². The summed E-state index contributed by atoms with van der Waals surface area (Å²) in [5.74, 6) is 1.36. The zero-order valence-corrected chi connectivity index (χ0v) is 26.4. The average Bonchev–Trinajstić information content (AvgIpc) is 3.01. The molecule has 0 unspecified atom stereocenters. The van der Waals surface area contributed by atoms with Crippen molar-refractivity contribution in [3.63, 3.8) is 0 Å². The number of fused-ring (bicyclic) bond motifs is 2. The SMILES string of the molecule is CC(=O)CCCCC(=N)N.CCN(CC)c1ccc2c(-c3ccccc3)c3ccc(=[N+](CC)CC)cc-3oc2c1.CN. The Kier molecular flexibility index (Phi) is 14.5. The number of carbonyl (C=O) groups excluding carboxylic acids is 1. The first-order valence-corrected chi connectivity index (χ1v) is 15.1. The molecule has 42 heavy (non-hydrogen) atoms. The lowest BCUT2D eigenvalue weighted by Crippen LogP contribution is -2.29. The Morgan fingerprint density at radius 3 is 2.10 bits per heavy atom. The standard InChI is InChI=1S/C27H31N2O.C7H14N2O.CH5N/c1-5-28(6-2)21-14-16-23-25(18-21)30-26-19-22(29(7-3)8-4)15-17-24(26)27(23)20-12-10-9-11-13-20;1-6(10)4-2-3-5-7(8)9;1-2/h9-19H,5-8H2,1-4H3;2-5H2,1H3,(H3,8,9);2H2,1H3/q+1;;. The largest absolute Gasteiger partial charge is 0.456 e. The number of benzene rings is 3. The Hall–Kier alpha value is -3.97. The van der Waals surface area contributed by atoms with E-state index in [-0.39, 0.29) is 11.6 Å². The second-order valence-corrected chi connectivity index (χ2v) is 9.98. The van der Waals surface area contributed by atoms with Gasteiger partial charge < -0.3 is 25.6 Å². The lowest BCUT2D eigenvalue weighted by atomic mass is 9.93. The van der Waals surface area contributed by atoms with E-state index in [0.29, 0.717) is 12.8 Å². The van der Waals surface area contributed by atoms with Gasteiger partial charge in [-0.3, -0.25) is 5.41 Å². The van der Waals surface area contributed by atoms with Gasteiger partial charge in [-0.25, -0.2) is 4.58 Å². The first kappa shape index (κ1) is 34.2. The maximum atomic E-state index is 10.4. The van der Waals surface area contributed by atoms with Gasteiger partial charge in [-0.05, 0) is 78.3 Å². The highest BCUT2D eigenvalue weighted by Gasteiger charge is 2.19. The third-order valence-corrected chi connectivity index (χ3v) is 7.23. The Morgan fingerprint density at radius 2 is 1.52 bits per heavy atom. The van der Waals surface area contributed by atoms with Gasteiger partial charge in [-0.15, -0.1) is 0 Å². The van der Waals surface area contributed by atoms with Gasteiger partial charge in [0, 0.05) is 60.3 Å². The fraction of sp³-hybridized carbons (Fsp3) is 0.400. The molecule has 7 nitrogen and oxygen atoms in total. The number of nitrogens with two attached hydrogens (primary N) is 2. The molecule has 0 spiro atoms. The number of nitrogens with one attached hydrogen (secondary N) is 1. The van der Waals surface area contributed by atoms with Crippen LogP contribution >= 0.6 is 0 Å². The number of hydrogen-bond acceptors (Lipinski definition) is 5. The molecular weight excluding hydrogens is 522 g/mol. The summed E-state index contributed by atoms with van der Waals surface area (Å²) in [6.07, 6.45) is 2.95. The van der Waals surface area contributed by atoms with Crippen molar-refractivity contribution in [1.82, 2.24) is 4.58 Å². The number of amidine groups is 1. The van der Waals surface area contributed by atoms with Crippen LogP contribution in [0.2, 0.25) is 0 Å². The zero-order valence-electron chi connectivity index (χ0n) is 26.4. The number of nitrogens with zero attached hydrogens (tertiary/aromatic N) is 2. The van der Waals surface area contributed by atoms with Crippen LogP contribution in [0.1, 0.15) is 60.3 Å². The van der Waals surface area contributed by atoms with E-state index in [1.54, 1.807) is 6.92 Å². The number of anilines is 1. The number of ketones is 1. The number of Topliss-reactive ketones (excluding diaryl/α,β-unsaturated/α-hetero) is 1. The van der Waals surface area contributed by atoms with Crippen LogP contribution in [0.15, 0.2) is 71.1 Å². The predicted molar refractivity (Wildman–Crippen MR) is 179 cm³/mol. The van der Waals surface area contributed by atoms with Crippen LogP contribution in [0.5, 0.6) is 0 Å². The molecule has 1 aliphatic heterocycles. The van der Waals surface area contributed by atoms with E-state index in [9.17, 15) is 4.79 Å². The van der Waals surface area contributed by atoms with E-state index in [2.05, 4.69) is 110 Å². The van der Waals surface area contributed by atoms with Gasteiger partial charge in [0.1, 0.15) is 30.2 Å². The van der Waals surface area contributed by atoms with Gasteiger partial charge in [-0.1, -0.05) is 30.3 Å². The molecule has 0 saturated heterocycles. The highest BCUT2D eigenvalue weighted by Crippen LogP contribution is 2.40. The number of unbranched alkanes of at least 4 members (excludes halogenated alkanes) is 1. The summed E-state index contributed by atoms with van der Waals surface area (Å²) in [5.41, 5.74) is 15.4. The number of carbonyl (C=O) groups is 1. The fourth-order valence-electron chi connectivity index (χ4n) is 5.04. The first-order valence-electron chi connectivity index (χ1n) is 15.1. The van der Waals surface area contributed by atoms with Crippen molar-refractivity contribution < 1.29 is 9.21 Å². The molecule has 0 amide bonds. The Balaban J connectivity index is 0.000000438. The smallest absolute Gasteiger partial charge is 0.203 e. The first-order chi connectivity index (χ1) is 20.3. The van der Waals surface area contributed by atoms with Gasteiger partial charge in [0.05, 0.1) is 11.9 Å². The fourth-order valence-corrected chi connectivity index (χ4v) is 5.04. The van der Waals surface area contributed by atoms with E-state index in [4.69, 9.17) is 15.6 Å². The van der Waals surface area contributed by atoms with Gasteiger partial charge in [0.15, 0.2) is 0 Å². The maximum Gasteiger partial charge on any atom is 0.203 e. The molecule has 0 fully saturated rings. The molecule has 0 saturated carbocycles. The summed E-state index contributed by atoms with van der Waals surface area (Å²) in [6.45, 7) is 14.3. The maximum absolute atomic E-state index is 10.4. The molecule has 0 aromatic heterocycles. The summed E-state index contributed by atoms with van der Waals surface area (Å²) in [6, 6.07) is 23.9. The summed E-state index contributed by atoms with van der Waals surface area (Å²) >= 11 is 0. The van der Waals surface area contributed by atoms with Crippen LogP contribution in [0.25, 0.3) is 33.4 Å². The Morgan fingerprint density at radius 1 is 0.881 bits per heavy atom. The molecule has 0 bridgehead atoms. The summed E-state index contributed by atoms with van der Waals surface area (Å²) < 4.78 is 8.87. The van der Waals surface area contributed by atoms with Crippen molar-refractivity contribution in [2.24, 2.45) is 11.5 Å². The minimum Gasteiger partial charge on any atom is -0.456 e. The van der Waals surface area contributed by atoms with E-state index in [0.717, 1.165) is 61.3 Å². The van der Waals surface area contributed by atoms with Crippen LogP contribution < -0.4 is 26.3 Å². The van der Waals surface area contributed by atoms with Crippen molar-refractivity contribution in [1.29, 1.82) is 5.41 Å². The molecule has 4 rings (SSSR count). The van der Waals surface area contributed by atoms with Crippen LogP contribution in [0, 0.1) is 5.41 Å². The third-order valence-electron chi connectivity index (χ3n) is 7.23. The lowest BCUT2D eigenvalue weighted by Gasteiger charge is -2.22. The molecule has 2 aromatic carbocycles. The molecule has 1 aliphatic carbocycles. The average molecular weight is 573 g/mol. The van der Waals surface area contributed by atoms with Gasteiger partial charge in [0.2, 0.25) is 5.36 Å².